The Morgan fingerprint density at radius 2 is 1.84 bits per heavy atom. The Hall–Kier alpha value is -2.57. The van der Waals surface area contributed by atoms with Crippen LogP contribution in [0.3, 0.4) is 0 Å². The molecule has 3 rings (SSSR count). The number of rotatable bonds is 5. The number of benzene rings is 2. The lowest BCUT2D eigenvalue weighted by molar-refractivity contribution is -0.122. The summed E-state index contributed by atoms with van der Waals surface area (Å²) in [5, 5.41) is 11.0. The third kappa shape index (κ3) is 4.49. The van der Waals surface area contributed by atoms with Crippen molar-refractivity contribution in [2.75, 3.05) is 5.32 Å². The lowest BCUT2D eigenvalue weighted by Crippen LogP contribution is -2.30. The average Bonchev–Trinajstić information content (AvgIpc) is 3.09. The highest BCUT2D eigenvalue weighted by molar-refractivity contribution is 6.35. The Morgan fingerprint density at radius 1 is 1.16 bits per heavy atom. The van der Waals surface area contributed by atoms with Crippen LogP contribution < -0.4 is 10.1 Å². The zero-order valence-electron chi connectivity index (χ0n) is 13.1. The Balaban J connectivity index is 1.63. The molecule has 0 aliphatic heterocycles. The highest BCUT2D eigenvalue weighted by Crippen LogP contribution is 2.23. The van der Waals surface area contributed by atoms with Crippen molar-refractivity contribution in [3.05, 3.63) is 58.9 Å². The van der Waals surface area contributed by atoms with Gasteiger partial charge < -0.3 is 14.5 Å². The molecule has 2 aromatic carbocycles. The molecule has 8 heteroatoms. The second kappa shape index (κ2) is 7.55. The molecule has 0 aliphatic rings. The minimum Gasteiger partial charge on any atom is -0.481 e. The van der Waals surface area contributed by atoms with Gasteiger partial charge in [-0.2, -0.15) is 0 Å². The first kappa shape index (κ1) is 17.3. The number of carbonyl (C=O) groups is 1. The van der Waals surface area contributed by atoms with E-state index in [0.717, 1.165) is 5.56 Å². The fourth-order valence-electron chi connectivity index (χ4n) is 2.10. The highest BCUT2D eigenvalue weighted by Gasteiger charge is 2.15. The van der Waals surface area contributed by atoms with Crippen molar-refractivity contribution in [3.8, 4) is 17.2 Å². The van der Waals surface area contributed by atoms with Gasteiger partial charge >= 0.3 is 0 Å². The van der Waals surface area contributed by atoms with Crippen LogP contribution >= 0.6 is 23.2 Å². The van der Waals surface area contributed by atoms with E-state index in [1.54, 1.807) is 49.4 Å². The van der Waals surface area contributed by atoms with E-state index in [1.165, 1.54) is 6.39 Å². The van der Waals surface area contributed by atoms with Gasteiger partial charge in [-0.3, -0.25) is 4.79 Å². The lowest BCUT2D eigenvalue weighted by Gasteiger charge is -2.15. The van der Waals surface area contributed by atoms with Gasteiger partial charge in [-0.15, -0.1) is 10.2 Å². The molecule has 1 N–H and O–H groups in total. The molecule has 3 aromatic rings. The molecule has 0 aliphatic carbocycles. The second-order valence-corrected chi connectivity index (χ2v) is 6.05. The first-order chi connectivity index (χ1) is 12.0. The molecule has 0 spiro atoms. The zero-order chi connectivity index (χ0) is 17.8. The Labute approximate surface area is 153 Å². The van der Waals surface area contributed by atoms with E-state index in [2.05, 4.69) is 15.5 Å². The number of hydrogen-bond acceptors (Lipinski definition) is 5. The van der Waals surface area contributed by atoms with E-state index in [4.69, 9.17) is 32.4 Å². The number of carbonyl (C=O) groups excluding carboxylic acids is 1. The van der Waals surface area contributed by atoms with Gasteiger partial charge in [-0.25, -0.2) is 0 Å². The first-order valence-corrected chi connectivity index (χ1v) is 8.07. The van der Waals surface area contributed by atoms with Crippen molar-refractivity contribution in [1.29, 1.82) is 0 Å². The summed E-state index contributed by atoms with van der Waals surface area (Å²) in [6.07, 6.45) is 0.542. The number of aromatic nitrogens is 2. The standard InChI is InChI=1S/C17H13Cl2N3O3/c1-10(16(23)21-14-7-12(18)6-13(19)8-14)25-15-4-2-11(3-5-15)17-22-20-9-24-17/h2-10H,1H3,(H,21,23)/t10-/m0/s1. The van der Waals surface area contributed by atoms with Crippen LogP contribution in [0.4, 0.5) is 5.69 Å². The monoisotopic (exact) mass is 377 g/mol. The van der Waals surface area contributed by atoms with Gasteiger partial charge in [-0.1, -0.05) is 23.2 Å². The average molecular weight is 378 g/mol. The van der Waals surface area contributed by atoms with Crippen LogP contribution in [0.5, 0.6) is 5.75 Å². The van der Waals surface area contributed by atoms with Crippen molar-refractivity contribution in [1.82, 2.24) is 10.2 Å². The van der Waals surface area contributed by atoms with E-state index in [-0.39, 0.29) is 5.91 Å². The number of nitrogens with zero attached hydrogens (tertiary/aromatic N) is 2. The molecule has 6 nitrogen and oxygen atoms in total. The fraction of sp³-hybridized carbons (Fsp3) is 0.118. The SMILES string of the molecule is C[C@H](Oc1ccc(-c2nnco2)cc1)C(=O)Nc1cc(Cl)cc(Cl)c1. The minimum atomic E-state index is -0.716. The number of hydrogen-bond donors (Lipinski definition) is 1. The molecule has 1 atom stereocenters. The summed E-state index contributed by atoms with van der Waals surface area (Å²) in [5.41, 5.74) is 1.26. The molecule has 0 bridgehead atoms. The first-order valence-electron chi connectivity index (χ1n) is 7.31. The molecular formula is C17H13Cl2N3O3. The summed E-state index contributed by atoms with van der Waals surface area (Å²) < 4.78 is 10.8. The van der Waals surface area contributed by atoms with E-state index in [1.807, 2.05) is 0 Å². The molecule has 0 radical (unpaired) electrons. The smallest absolute Gasteiger partial charge is 0.265 e. The minimum absolute atomic E-state index is 0.320. The van der Waals surface area contributed by atoms with Crippen LogP contribution in [0.2, 0.25) is 10.0 Å². The van der Waals surface area contributed by atoms with E-state index < -0.39 is 6.10 Å². The predicted molar refractivity (Wildman–Crippen MR) is 94.9 cm³/mol. The molecule has 0 unspecified atom stereocenters. The van der Waals surface area contributed by atoms with Crippen molar-refractivity contribution < 1.29 is 13.9 Å². The van der Waals surface area contributed by atoms with Gasteiger partial charge in [0, 0.05) is 21.3 Å². The zero-order valence-corrected chi connectivity index (χ0v) is 14.6. The summed E-state index contributed by atoms with van der Waals surface area (Å²) >= 11 is 11.8. The van der Waals surface area contributed by atoms with Crippen LogP contribution in [0, 0.1) is 0 Å². The van der Waals surface area contributed by atoms with Gasteiger partial charge in [0.2, 0.25) is 12.3 Å². The lowest BCUT2D eigenvalue weighted by atomic mass is 10.2. The summed E-state index contributed by atoms with van der Waals surface area (Å²) in [4.78, 5) is 12.2. The fourth-order valence-corrected chi connectivity index (χ4v) is 2.63. The summed E-state index contributed by atoms with van der Waals surface area (Å²) in [6.45, 7) is 1.65. The normalized spacial score (nSPS) is 11.8. The Bertz CT molecular complexity index is 847. The van der Waals surface area contributed by atoms with Gasteiger partial charge in [0.1, 0.15) is 5.75 Å². The maximum absolute atomic E-state index is 12.2. The summed E-state index contributed by atoms with van der Waals surface area (Å²) in [5.74, 6) is 0.629. The van der Waals surface area contributed by atoms with Gasteiger partial charge in [-0.05, 0) is 49.4 Å². The van der Waals surface area contributed by atoms with Crippen LogP contribution in [0.15, 0.2) is 53.3 Å². The largest absolute Gasteiger partial charge is 0.481 e. The van der Waals surface area contributed by atoms with Crippen LogP contribution in [0.25, 0.3) is 11.5 Å². The van der Waals surface area contributed by atoms with Gasteiger partial charge in [0.25, 0.3) is 5.91 Å². The van der Waals surface area contributed by atoms with E-state index in [0.29, 0.717) is 27.4 Å². The molecule has 1 heterocycles. The molecule has 1 amide bonds. The molecule has 1 aromatic heterocycles. The molecule has 128 valence electrons. The highest BCUT2D eigenvalue weighted by atomic mass is 35.5. The number of nitrogens with one attached hydrogen (secondary N) is 1. The predicted octanol–water partition coefficient (Wildman–Crippen LogP) is 4.45. The Kier molecular flexibility index (Phi) is 5.21. The number of ether oxygens (including phenoxy) is 1. The van der Waals surface area contributed by atoms with Crippen molar-refractivity contribution in [2.45, 2.75) is 13.0 Å². The quantitative estimate of drug-likeness (QED) is 0.710. The molecule has 0 saturated carbocycles. The van der Waals surface area contributed by atoms with Crippen LogP contribution in [0.1, 0.15) is 6.92 Å². The van der Waals surface area contributed by atoms with Crippen LogP contribution in [-0.4, -0.2) is 22.2 Å². The summed E-state index contributed by atoms with van der Waals surface area (Å²) in [6, 6.07) is 11.8. The maximum Gasteiger partial charge on any atom is 0.265 e. The van der Waals surface area contributed by atoms with Gasteiger partial charge in [0.05, 0.1) is 0 Å². The molecular weight excluding hydrogens is 365 g/mol. The number of anilines is 1. The molecule has 0 fully saturated rings. The Morgan fingerprint density at radius 3 is 2.44 bits per heavy atom. The third-order valence-corrected chi connectivity index (χ3v) is 3.71. The summed E-state index contributed by atoms with van der Waals surface area (Å²) in [7, 11) is 0. The number of amides is 1. The van der Waals surface area contributed by atoms with E-state index in [9.17, 15) is 4.79 Å². The second-order valence-electron chi connectivity index (χ2n) is 5.18. The molecule has 25 heavy (non-hydrogen) atoms. The number of halogens is 2. The van der Waals surface area contributed by atoms with Crippen LogP contribution in [-0.2, 0) is 4.79 Å². The third-order valence-electron chi connectivity index (χ3n) is 3.27. The molecule has 0 saturated heterocycles. The van der Waals surface area contributed by atoms with Crippen molar-refractivity contribution in [3.63, 3.8) is 0 Å². The topological polar surface area (TPSA) is 77.2 Å². The maximum atomic E-state index is 12.2. The van der Waals surface area contributed by atoms with Crippen molar-refractivity contribution >= 4 is 34.8 Å². The van der Waals surface area contributed by atoms with Crippen molar-refractivity contribution in [2.24, 2.45) is 0 Å². The van der Waals surface area contributed by atoms with Gasteiger partial charge in [0.15, 0.2) is 6.10 Å². The van der Waals surface area contributed by atoms with E-state index >= 15 is 0 Å².